The van der Waals surface area contributed by atoms with Crippen molar-refractivity contribution in [1.29, 1.82) is 0 Å². The molecule has 0 saturated heterocycles. The highest BCUT2D eigenvalue weighted by Crippen LogP contribution is 2.65. The molecule has 2 unspecified atom stereocenters. The number of alkyl halides is 2. The lowest BCUT2D eigenvalue weighted by atomic mass is 10.0. The zero-order valence-corrected chi connectivity index (χ0v) is 21.8. The van der Waals surface area contributed by atoms with Crippen molar-refractivity contribution in [1.82, 2.24) is 0 Å². The van der Waals surface area contributed by atoms with Crippen molar-refractivity contribution in [2.45, 2.75) is 16.7 Å². The van der Waals surface area contributed by atoms with E-state index in [1.807, 2.05) is 0 Å². The molecule has 0 heterocycles. The molecule has 0 bridgehead atoms. The summed E-state index contributed by atoms with van der Waals surface area (Å²) in [6, 6.07) is 13.6. The predicted molar refractivity (Wildman–Crippen MR) is 138 cm³/mol. The van der Waals surface area contributed by atoms with Crippen LogP contribution in [0.4, 0.5) is 10.1 Å². The zero-order valence-electron chi connectivity index (χ0n) is 18.1. The molecule has 1 aliphatic rings. The number of rotatable bonds is 7. The number of nitrogens with one attached hydrogen (secondary N) is 1. The Kier molecular flexibility index (Phi) is 7.56. The van der Waals surface area contributed by atoms with Gasteiger partial charge in [-0.1, -0.05) is 40.9 Å². The van der Waals surface area contributed by atoms with Gasteiger partial charge in [-0.2, -0.15) is 0 Å². The van der Waals surface area contributed by atoms with Crippen molar-refractivity contribution in [2.75, 3.05) is 12.4 Å². The first-order chi connectivity index (χ1) is 16.5. The molecule has 1 saturated carbocycles. The Labute approximate surface area is 226 Å². The molecule has 1 amide bonds. The Balaban J connectivity index is 1.51. The number of Topliss-reactive ketones (excluding diaryl/α,β-unsaturated/α-hetero) is 1. The molecule has 10 heteroatoms. The van der Waals surface area contributed by atoms with E-state index in [1.165, 1.54) is 31.4 Å². The first-order valence-corrected chi connectivity index (χ1v) is 12.2. The molecule has 4 nitrogen and oxygen atoms in total. The van der Waals surface area contributed by atoms with Crippen molar-refractivity contribution >= 4 is 75.4 Å². The van der Waals surface area contributed by atoms with Crippen LogP contribution in [0.3, 0.4) is 0 Å². The van der Waals surface area contributed by atoms with E-state index in [2.05, 4.69) is 5.32 Å². The molecule has 4 rings (SSSR count). The number of methoxy groups -OCH3 is 1. The lowest BCUT2D eigenvalue weighted by Gasteiger charge is -2.10. The van der Waals surface area contributed by atoms with Gasteiger partial charge in [0.1, 0.15) is 15.9 Å². The summed E-state index contributed by atoms with van der Waals surface area (Å²) in [5, 5.41) is 3.70. The predicted octanol–water partition coefficient (Wildman–Crippen LogP) is 7.75. The molecule has 1 aliphatic carbocycles. The first kappa shape index (κ1) is 26.1. The minimum absolute atomic E-state index is 0.136. The number of anilines is 1. The number of ether oxygens (including phenoxy) is 1. The van der Waals surface area contributed by atoms with Gasteiger partial charge < -0.3 is 10.1 Å². The van der Waals surface area contributed by atoms with Crippen molar-refractivity contribution in [2.24, 2.45) is 5.92 Å². The fourth-order valence-electron chi connectivity index (χ4n) is 3.93. The van der Waals surface area contributed by atoms with Crippen LogP contribution < -0.4 is 10.1 Å². The van der Waals surface area contributed by atoms with E-state index in [1.54, 1.807) is 30.3 Å². The van der Waals surface area contributed by atoms with E-state index in [0.717, 1.165) is 0 Å². The fourth-order valence-corrected chi connectivity index (χ4v) is 5.52. The highest BCUT2D eigenvalue weighted by Gasteiger charge is 2.67. The zero-order chi connectivity index (χ0) is 25.5. The van der Waals surface area contributed by atoms with Gasteiger partial charge in [0.2, 0.25) is 5.91 Å². The number of hydrogen-bond donors (Lipinski definition) is 1. The van der Waals surface area contributed by atoms with Crippen molar-refractivity contribution in [3.8, 4) is 5.75 Å². The Bertz CT molecular complexity index is 1310. The maximum Gasteiger partial charge on any atom is 0.231 e. The molecule has 35 heavy (non-hydrogen) atoms. The van der Waals surface area contributed by atoms with Crippen LogP contribution >= 0.6 is 58.0 Å². The van der Waals surface area contributed by atoms with Gasteiger partial charge in [0, 0.05) is 39.7 Å². The van der Waals surface area contributed by atoms with E-state index < -0.39 is 33.7 Å². The average molecular weight is 576 g/mol. The number of amides is 1. The third-order valence-electron chi connectivity index (χ3n) is 5.73. The molecular formula is C25H17Cl5FNO3. The third kappa shape index (κ3) is 5.55. The van der Waals surface area contributed by atoms with Gasteiger partial charge in [-0.05, 0) is 53.6 Å². The van der Waals surface area contributed by atoms with E-state index >= 15 is 0 Å². The highest BCUT2D eigenvalue weighted by molar-refractivity contribution is 6.53. The molecule has 0 spiro atoms. The van der Waals surface area contributed by atoms with Crippen LogP contribution in [0.5, 0.6) is 5.75 Å². The summed E-state index contributed by atoms with van der Waals surface area (Å²) < 4.78 is 17.9. The Morgan fingerprint density at radius 2 is 1.69 bits per heavy atom. The van der Waals surface area contributed by atoms with Gasteiger partial charge in [0.25, 0.3) is 0 Å². The first-order valence-electron chi connectivity index (χ1n) is 10.3. The molecule has 2 atom stereocenters. The number of halogens is 6. The number of carbonyl (C=O) groups excluding carboxylic acids is 2. The Hall–Kier alpha value is -2.02. The number of hydrogen-bond acceptors (Lipinski definition) is 3. The van der Waals surface area contributed by atoms with E-state index in [-0.39, 0.29) is 22.6 Å². The van der Waals surface area contributed by atoms with Crippen molar-refractivity contribution in [3.63, 3.8) is 0 Å². The van der Waals surface area contributed by atoms with Gasteiger partial charge in [0.05, 0.1) is 18.1 Å². The van der Waals surface area contributed by atoms with Crippen molar-refractivity contribution < 1.29 is 18.7 Å². The van der Waals surface area contributed by atoms with Crippen LogP contribution in [0.2, 0.25) is 15.1 Å². The van der Waals surface area contributed by atoms with Crippen LogP contribution in [0, 0.1) is 11.7 Å². The lowest BCUT2D eigenvalue weighted by Crippen LogP contribution is -2.17. The molecule has 3 aromatic rings. The summed E-state index contributed by atoms with van der Waals surface area (Å²) in [7, 11) is 1.42. The van der Waals surface area contributed by atoms with Gasteiger partial charge >= 0.3 is 0 Å². The molecule has 1 N–H and O–H groups in total. The van der Waals surface area contributed by atoms with Crippen LogP contribution in [-0.2, 0) is 11.2 Å². The maximum atomic E-state index is 14.3. The molecule has 3 aromatic carbocycles. The Morgan fingerprint density at radius 3 is 2.31 bits per heavy atom. The molecular weight excluding hydrogens is 559 g/mol. The van der Waals surface area contributed by atoms with E-state index in [0.29, 0.717) is 27.0 Å². The molecule has 0 aliphatic heterocycles. The van der Waals surface area contributed by atoms with Gasteiger partial charge in [-0.3, -0.25) is 9.59 Å². The summed E-state index contributed by atoms with van der Waals surface area (Å²) in [6.07, 6.45) is -0.223. The monoisotopic (exact) mass is 573 g/mol. The SMILES string of the molecule is COc1ccc(CC(=O)c2cc(NC(=O)C3C(c4cc(Cl)cc(Cl)c4)C3(Cl)Cl)ccc2Cl)c(F)c1. The minimum Gasteiger partial charge on any atom is -0.497 e. The Morgan fingerprint density at radius 1 is 1.00 bits per heavy atom. The summed E-state index contributed by atoms with van der Waals surface area (Å²) in [4.78, 5) is 25.8. The second-order valence-corrected chi connectivity index (χ2v) is 10.8. The highest BCUT2D eigenvalue weighted by atomic mass is 35.5. The average Bonchev–Trinajstić information content (AvgIpc) is 3.37. The largest absolute Gasteiger partial charge is 0.497 e. The second kappa shape index (κ2) is 10.2. The van der Waals surface area contributed by atoms with Crippen LogP contribution in [0.1, 0.15) is 27.4 Å². The normalized spacial score (nSPS) is 18.1. The standard InChI is InChI=1S/C25H17Cl5FNO3/c1-35-17-4-2-12(20(31)11-17)8-21(33)18-10-16(3-5-19(18)28)32-24(34)23-22(25(23,29)30)13-6-14(26)9-15(27)7-13/h2-7,9-11,22-23H,8H2,1H3,(H,32,34). The number of benzene rings is 3. The second-order valence-electron chi connectivity index (χ2n) is 8.07. The number of ketones is 1. The van der Waals surface area contributed by atoms with Crippen LogP contribution in [0.15, 0.2) is 54.6 Å². The van der Waals surface area contributed by atoms with Crippen LogP contribution in [-0.4, -0.2) is 23.1 Å². The van der Waals surface area contributed by atoms with Crippen LogP contribution in [0.25, 0.3) is 0 Å². The minimum atomic E-state index is -1.35. The van der Waals surface area contributed by atoms with E-state index in [4.69, 9.17) is 62.7 Å². The quantitative estimate of drug-likeness (QED) is 0.232. The van der Waals surface area contributed by atoms with E-state index in [9.17, 15) is 14.0 Å². The molecule has 1 fully saturated rings. The topological polar surface area (TPSA) is 55.4 Å². The fraction of sp³-hybridized carbons (Fsp3) is 0.200. The van der Waals surface area contributed by atoms with Gasteiger partial charge in [-0.25, -0.2) is 4.39 Å². The van der Waals surface area contributed by atoms with Gasteiger partial charge in [0.15, 0.2) is 5.78 Å². The summed E-state index contributed by atoms with van der Waals surface area (Å²) in [5.41, 5.74) is 1.28. The van der Waals surface area contributed by atoms with Crippen molar-refractivity contribution in [3.05, 3.63) is 92.2 Å². The summed E-state index contributed by atoms with van der Waals surface area (Å²) >= 11 is 31.2. The smallest absolute Gasteiger partial charge is 0.231 e. The molecule has 0 radical (unpaired) electrons. The number of carbonyl (C=O) groups is 2. The third-order valence-corrected chi connectivity index (χ3v) is 7.43. The van der Waals surface area contributed by atoms with Gasteiger partial charge in [-0.15, -0.1) is 23.2 Å². The maximum absolute atomic E-state index is 14.3. The molecule has 182 valence electrons. The summed E-state index contributed by atoms with van der Waals surface area (Å²) in [6.45, 7) is 0. The summed E-state index contributed by atoms with van der Waals surface area (Å²) in [5.74, 6) is -2.39. The lowest BCUT2D eigenvalue weighted by molar-refractivity contribution is -0.117. The molecule has 0 aromatic heterocycles.